The topological polar surface area (TPSA) is 69.0 Å². The van der Waals surface area contributed by atoms with Crippen LogP contribution >= 0.6 is 11.8 Å². The Balaban J connectivity index is 1.61. The van der Waals surface area contributed by atoms with Gasteiger partial charge in [-0.2, -0.15) is 0 Å². The lowest BCUT2D eigenvalue weighted by Crippen LogP contribution is -2.24. The fraction of sp³-hybridized carbons (Fsp3) is 0.318. The van der Waals surface area contributed by atoms with Gasteiger partial charge in [-0.1, -0.05) is 68.1 Å². The predicted molar refractivity (Wildman–Crippen MR) is 116 cm³/mol. The van der Waals surface area contributed by atoms with Gasteiger partial charge in [0.2, 0.25) is 5.91 Å². The number of rotatable bonds is 9. The number of aromatic nitrogens is 3. The summed E-state index contributed by atoms with van der Waals surface area (Å²) in [6, 6.07) is 17.7. The van der Waals surface area contributed by atoms with Crippen LogP contribution in [0.5, 0.6) is 5.75 Å². The lowest BCUT2D eigenvalue weighted by molar-refractivity contribution is -0.118. The second-order valence-electron chi connectivity index (χ2n) is 7.09. The van der Waals surface area contributed by atoms with Crippen LogP contribution in [0.25, 0.3) is 11.4 Å². The average molecular weight is 411 g/mol. The summed E-state index contributed by atoms with van der Waals surface area (Å²) >= 11 is 1.41. The van der Waals surface area contributed by atoms with Crippen LogP contribution in [0.1, 0.15) is 19.4 Å². The zero-order valence-electron chi connectivity index (χ0n) is 17.0. The number of thioether (sulfide) groups is 1. The molecule has 0 saturated carbocycles. The molecule has 1 heterocycles. The van der Waals surface area contributed by atoms with Gasteiger partial charge in [-0.15, -0.1) is 10.2 Å². The van der Waals surface area contributed by atoms with Crippen LogP contribution in [0.15, 0.2) is 59.8 Å². The molecular weight excluding hydrogens is 384 g/mol. The zero-order chi connectivity index (χ0) is 20.6. The lowest BCUT2D eigenvalue weighted by atomic mass is 10.2. The van der Waals surface area contributed by atoms with Gasteiger partial charge in [-0.05, 0) is 23.6 Å². The van der Waals surface area contributed by atoms with Gasteiger partial charge in [0.25, 0.3) is 0 Å². The fourth-order valence-corrected chi connectivity index (χ4v) is 3.63. The lowest BCUT2D eigenvalue weighted by Gasteiger charge is -2.12. The number of carbonyl (C=O) groups excluding carboxylic acids is 1. The molecule has 0 radical (unpaired) electrons. The number of carbonyl (C=O) groups is 1. The molecule has 3 rings (SSSR count). The summed E-state index contributed by atoms with van der Waals surface area (Å²) in [5.74, 6) is 2.33. The van der Waals surface area contributed by atoms with Gasteiger partial charge in [0.05, 0.1) is 12.9 Å². The molecule has 3 aromatic rings. The smallest absolute Gasteiger partial charge is 0.230 e. The monoisotopic (exact) mass is 410 g/mol. The van der Waals surface area contributed by atoms with E-state index in [1.54, 1.807) is 7.11 Å². The van der Waals surface area contributed by atoms with Crippen molar-refractivity contribution < 1.29 is 9.53 Å². The van der Waals surface area contributed by atoms with E-state index >= 15 is 0 Å². The Kier molecular flexibility index (Phi) is 7.30. The van der Waals surface area contributed by atoms with Crippen molar-refractivity contribution in [3.05, 3.63) is 60.2 Å². The van der Waals surface area contributed by atoms with Crippen molar-refractivity contribution in [1.29, 1.82) is 0 Å². The largest absolute Gasteiger partial charge is 0.497 e. The molecule has 1 amide bonds. The summed E-state index contributed by atoms with van der Waals surface area (Å²) in [6.45, 7) is 5.60. The predicted octanol–water partition coefficient (Wildman–Crippen LogP) is 4.02. The fourth-order valence-electron chi connectivity index (χ4n) is 2.85. The first-order valence-electron chi connectivity index (χ1n) is 9.58. The molecule has 6 nitrogen and oxygen atoms in total. The molecule has 0 atom stereocenters. The second kappa shape index (κ2) is 10.1. The van der Waals surface area contributed by atoms with E-state index in [0.29, 0.717) is 18.2 Å². The minimum Gasteiger partial charge on any atom is -0.497 e. The molecule has 0 spiro atoms. The van der Waals surface area contributed by atoms with Gasteiger partial charge in [0.1, 0.15) is 5.75 Å². The van der Waals surface area contributed by atoms with Crippen molar-refractivity contribution in [1.82, 2.24) is 20.1 Å². The Morgan fingerprint density at radius 3 is 2.48 bits per heavy atom. The SMILES string of the molecule is COc1ccc(CNC(=O)CSc2nnc(-c3ccccc3)n2CC(C)C)cc1. The quantitative estimate of drug-likeness (QED) is 0.540. The minimum atomic E-state index is -0.0359. The third-order valence-corrected chi connectivity index (χ3v) is 5.24. The van der Waals surface area contributed by atoms with E-state index in [1.165, 1.54) is 11.8 Å². The number of hydrogen-bond acceptors (Lipinski definition) is 5. The summed E-state index contributed by atoms with van der Waals surface area (Å²) in [5, 5.41) is 12.4. The van der Waals surface area contributed by atoms with Gasteiger partial charge in [-0.3, -0.25) is 4.79 Å². The molecule has 0 aliphatic heterocycles. The van der Waals surface area contributed by atoms with E-state index in [-0.39, 0.29) is 5.91 Å². The van der Waals surface area contributed by atoms with E-state index in [0.717, 1.165) is 34.4 Å². The first-order chi connectivity index (χ1) is 14.1. The molecule has 1 aromatic heterocycles. The summed E-state index contributed by atoms with van der Waals surface area (Å²) in [4.78, 5) is 12.3. The molecule has 0 bridgehead atoms. The number of hydrogen-bond donors (Lipinski definition) is 1. The summed E-state index contributed by atoms with van der Waals surface area (Å²) in [7, 11) is 1.63. The molecule has 152 valence electrons. The number of nitrogens with one attached hydrogen (secondary N) is 1. The second-order valence-corrected chi connectivity index (χ2v) is 8.03. The van der Waals surface area contributed by atoms with Crippen molar-refractivity contribution in [2.24, 2.45) is 5.92 Å². The third kappa shape index (κ3) is 5.84. The van der Waals surface area contributed by atoms with E-state index in [9.17, 15) is 4.79 Å². The highest BCUT2D eigenvalue weighted by molar-refractivity contribution is 7.99. The van der Waals surface area contributed by atoms with Gasteiger partial charge in [-0.25, -0.2) is 0 Å². The van der Waals surface area contributed by atoms with E-state index in [1.807, 2.05) is 54.6 Å². The molecule has 7 heteroatoms. The van der Waals surface area contributed by atoms with Crippen LogP contribution in [-0.2, 0) is 17.9 Å². The molecular formula is C22H26N4O2S. The van der Waals surface area contributed by atoms with Crippen molar-refractivity contribution in [2.45, 2.75) is 32.1 Å². The highest BCUT2D eigenvalue weighted by atomic mass is 32.2. The summed E-state index contributed by atoms with van der Waals surface area (Å²) < 4.78 is 7.25. The normalized spacial score (nSPS) is 10.9. The molecule has 0 saturated heterocycles. The number of methoxy groups -OCH3 is 1. The van der Waals surface area contributed by atoms with Gasteiger partial charge in [0.15, 0.2) is 11.0 Å². The van der Waals surface area contributed by atoms with Crippen molar-refractivity contribution >= 4 is 17.7 Å². The maximum atomic E-state index is 12.3. The average Bonchev–Trinajstić information content (AvgIpc) is 3.13. The zero-order valence-corrected chi connectivity index (χ0v) is 17.8. The maximum Gasteiger partial charge on any atom is 0.230 e. The Morgan fingerprint density at radius 1 is 1.10 bits per heavy atom. The Bertz CT molecular complexity index is 924. The Hall–Kier alpha value is -2.80. The summed E-state index contributed by atoms with van der Waals surface area (Å²) in [6.07, 6.45) is 0. The van der Waals surface area contributed by atoms with Gasteiger partial charge in [0, 0.05) is 18.7 Å². The highest BCUT2D eigenvalue weighted by Crippen LogP contribution is 2.25. The van der Waals surface area contributed by atoms with Crippen molar-refractivity contribution in [3.8, 4) is 17.1 Å². The molecule has 0 fully saturated rings. The number of benzene rings is 2. The molecule has 0 unspecified atom stereocenters. The number of ether oxygens (including phenoxy) is 1. The van der Waals surface area contributed by atoms with Gasteiger partial charge < -0.3 is 14.6 Å². The van der Waals surface area contributed by atoms with Crippen LogP contribution < -0.4 is 10.1 Å². The molecule has 2 aromatic carbocycles. The molecule has 0 aliphatic carbocycles. The molecule has 0 aliphatic rings. The first kappa shape index (κ1) is 20.9. The van der Waals surface area contributed by atoms with Crippen molar-refractivity contribution in [2.75, 3.05) is 12.9 Å². The molecule has 29 heavy (non-hydrogen) atoms. The van der Waals surface area contributed by atoms with Crippen LogP contribution in [0.2, 0.25) is 0 Å². The van der Waals surface area contributed by atoms with Crippen molar-refractivity contribution in [3.63, 3.8) is 0 Å². The Labute approximate surface area is 175 Å². The number of amides is 1. The van der Waals surface area contributed by atoms with Crippen LogP contribution in [0.4, 0.5) is 0 Å². The van der Waals surface area contributed by atoms with Gasteiger partial charge >= 0.3 is 0 Å². The van der Waals surface area contributed by atoms with Crippen LogP contribution in [0.3, 0.4) is 0 Å². The summed E-state index contributed by atoms with van der Waals surface area (Å²) in [5.41, 5.74) is 2.05. The van der Waals surface area contributed by atoms with Crippen LogP contribution in [-0.4, -0.2) is 33.5 Å². The standard InChI is InChI=1S/C22H26N4O2S/c1-16(2)14-26-21(18-7-5-4-6-8-18)24-25-22(26)29-15-20(27)23-13-17-9-11-19(28-3)12-10-17/h4-12,16H,13-15H2,1-3H3,(H,23,27). The number of nitrogens with zero attached hydrogens (tertiary/aromatic N) is 3. The van der Waals surface area contributed by atoms with E-state index < -0.39 is 0 Å². The van der Waals surface area contributed by atoms with E-state index in [2.05, 4.69) is 33.9 Å². The van der Waals surface area contributed by atoms with Crippen LogP contribution in [0, 0.1) is 5.92 Å². The maximum absolute atomic E-state index is 12.3. The Morgan fingerprint density at radius 2 is 1.83 bits per heavy atom. The highest BCUT2D eigenvalue weighted by Gasteiger charge is 2.16. The molecule has 1 N–H and O–H groups in total. The first-order valence-corrected chi connectivity index (χ1v) is 10.6. The third-order valence-electron chi connectivity index (χ3n) is 4.28. The minimum absolute atomic E-state index is 0.0359. The van der Waals surface area contributed by atoms with E-state index in [4.69, 9.17) is 4.74 Å².